The molecule has 1 aliphatic heterocycles. The second kappa shape index (κ2) is 3.77. The van der Waals surface area contributed by atoms with Crippen LogP contribution >= 0.6 is 11.6 Å². The maximum Gasteiger partial charge on any atom is 0.222 e. The quantitative estimate of drug-likeness (QED) is 0.604. The van der Waals surface area contributed by atoms with Crippen LogP contribution < -0.4 is 0 Å². The van der Waals surface area contributed by atoms with Crippen molar-refractivity contribution in [2.45, 2.75) is 18.7 Å². The summed E-state index contributed by atoms with van der Waals surface area (Å²) in [6.07, 6.45) is 0.592. The number of carbonyl (C=O) groups excluding carboxylic acids is 1. The Balaban J connectivity index is 2.44. The van der Waals surface area contributed by atoms with E-state index in [0.29, 0.717) is 18.9 Å². The van der Waals surface area contributed by atoms with Crippen LogP contribution in [0.3, 0.4) is 0 Å². The highest BCUT2D eigenvalue weighted by Gasteiger charge is 2.27. The van der Waals surface area contributed by atoms with Crippen molar-refractivity contribution in [1.29, 1.82) is 5.26 Å². The van der Waals surface area contributed by atoms with Crippen LogP contribution in [0, 0.1) is 17.2 Å². The lowest BCUT2D eigenvalue weighted by Crippen LogP contribution is -2.30. The molecule has 0 radical (unpaired) electrons. The molecule has 2 unspecified atom stereocenters. The molecule has 0 aromatic rings. The summed E-state index contributed by atoms with van der Waals surface area (Å²) < 4.78 is 0. The Hall–Kier alpha value is -0.750. The number of hydrogen-bond donors (Lipinski definition) is 0. The molecule has 12 heavy (non-hydrogen) atoms. The average Bonchev–Trinajstić information content (AvgIpc) is 2.30. The van der Waals surface area contributed by atoms with Crippen LogP contribution in [0.2, 0.25) is 0 Å². The maximum atomic E-state index is 11.2. The lowest BCUT2D eigenvalue weighted by Gasteiger charge is -2.15. The van der Waals surface area contributed by atoms with E-state index >= 15 is 0 Å². The Kier molecular flexibility index (Phi) is 2.93. The molecule has 0 aliphatic carbocycles. The Morgan fingerprint density at radius 1 is 1.92 bits per heavy atom. The Morgan fingerprint density at radius 2 is 2.58 bits per heavy atom. The zero-order valence-electron chi connectivity index (χ0n) is 6.96. The molecule has 1 fully saturated rings. The van der Waals surface area contributed by atoms with E-state index < -0.39 is 5.38 Å². The normalized spacial score (nSPS) is 25.6. The highest BCUT2D eigenvalue weighted by molar-refractivity contribution is 6.22. The van der Waals surface area contributed by atoms with E-state index in [0.717, 1.165) is 6.54 Å². The van der Waals surface area contributed by atoms with Crippen molar-refractivity contribution in [3.05, 3.63) is 0 Å². The lowest BCUT2D eigenvalue weighted by molar-refractivity contribution is -0.127. The standard InChI is InChI=1S/C8H11ClN2O/c1-6-2-8(12)11(4-6)5-7(9)3-10/h6-7H,2,4-5H2,1H3. The summed E-state index contributed by atoms with van der Waals surface area (Å²) in [6, 6.07) is 1.90. The number of alkyl halides is 1. The number of nitriles is 1. The van der Waals surface area contributed by atoms with Gasteiger partial charge in [0.25, 0.3) is 0 Å². The third-order valence-corrected chi connectivity index (χ3v) is 2.16. The summed E-state index contributed by atoms with van der Waals surface area (Å²) in [4.78, 5) is 12.9. The fourth-order valence-electron chi connectivity index (χ4n) is 1.38. The summed E-state index contributed by atoms with van der Waals surface area (Å²) >= 11 is 5.60. The summed E-state index contributed by atoms with van der Waals surface area (Å²) in [5, 5.41) is 7.86. The second-order valence-corrected chi connectivity index (χ2v) is 3.73. The monoisotopic (exact) mass is 186 g/mol. The molecule has 1 amide bonds. The molecule has 0 bridgehead atoms. The van der Waals surface area contributed by atoms with Crippen molar-refractivity contribution in [1.82, 2.24) is 4.90 Å². The molecule has 1 aliphatic rings. The number of hydrogen-bond acceptors (Lipinski definition) is 2. The van der Waals surface area contributed by atoms with E-state index in [2.05, 4.69) is 0 Å². The van der Waals surface area contributed by atoms with Gasteiger partial charge in [-0.1, -0.05) is 6.92 Å². The van der Waals surface area contributed by atoms with Crippen LogP contribution in [0.5, 0.6) is 0 Å². The minimum Gasteiger partial charge on any atom is -0.340 e. The molecule has 0 N–H and O–H groups in total. The summed E-state index contributed by atoms with van der Waals surface area (Å²) in [5.74, 6) is 0.517. The van der Waals surface area contributed by atoms with Crippen LogP contribution in [-0.2, 0) is 4.79 Å². The first-order chi connectivity index (χ1) is 5.63. The van der Waals surface area contributed by atoms with Crippen LogP contribution in [-0.4, -0.2) is 29.3 Å². The van der Waals surface area contributed by atoms with Gasteiger partial charge in [0.05, 0.1) is 12.6 Å². The van der Waals surface area contributed by atoms with Gasteiger partial charge in [0.15, 0.2) is 0 Å². The number of likely N-dealkylation sites (tertiary alicyclic amines) is 1. The number of halogens is 1. The zero-order valence-corrected chi connectivity index (χ0v) is 7.71. The van der Waals surface area contributed by atoms with Crippen molar-refractivity contribution in [2.24, 2.45) is 5.92 Å². The molecule has 1 heterocycles. The third-order valence-electron chi connectivity index (χ3n) is 1.93. The summed E-state index contributed by atoms with van der Waals surface area (Å²) in [6.45, 7) is 3.12. The third kappa shape index (κ3) is 2.12. The van der Waals surface area contributed by atoms with Crippen LogP contribution in [0.25, 0.3) is 0 Å². The van der Waals surface area contributed by atoms with Crippen LogP contribution in [0.4, 0.5) is 0 Å². The van der Waals surface area contributed by atoms with Crippen molar-refractivity contribution in [3.8, 4) is 6.07 Å². The maximum absolute atomic E-state index is 11.2. The molecule has 1 rings (SSSR count). The fourth-order valence-corrected chi connectivity index (χ4v) is 1.55. The Morgan fingerprint density at radius 3 is 3.00 bits per heavy atom. The van der Waals surface area contributed by atoms with Crippen LogP contribution in [0.1, 0.15) is 13.3 Å². The van der Waals surface area contributed by atoms with E-state index in [-0.39, 0.29) is 5.91 Å². The van der Waals surface area contributed by atoms with Crippen molar-refractivity contribution in [2.75, 3.05) is 13.1 Å². The van der Waals surface area contributed by atoms with Gasteiger partial charge >= 0.3 is 0 Å². The molecule has 3 nitrogen and oxygen atoms in total. The Bertz CT molecular complexity index is 224. The average molecular weight is 187 g/mol. The van der Waals surface area contributed by atoms with Crippen LogP contribution in [0.15, 0.2) is 0 Å². The number of nitrogens with zero attached hydrogens (tertiary/aromatic N) is 2. The summed E-state index contributed by atoms with van der Waals surface area (Å²) in [5.41, 5.74) is 0. The SMILES string of the molecule is CC1CC(=O)N(CC(Cl)C#N)C1. The van der Waals surface area contributed by atoms with Gasteiger partial charge in [-0.3, -0.25) is 4.79 Å². The first-order valence-electron chi connectivity index (χ1n) is 3.95. The lowest BCUT2D eigenvalue weighted by atomic mass is 10.2. The minimum atomic E-state index is -0.570. The van der Waals surface area contributed by atoms with Gasteiger partial charge < -0.3 is 4.90 Å². The molecule has 66 valence electrons. The fraction of sp³-hybridized carbons (Fsp3) is 0.750. The second-order valence-electron chi connectivity index (χ2n) is 3.20. The predicted molar refractivity (Wildman–Crippen MR) is 45.6 cm³/mol. The first-order valence-corrected chi connectivity index (χ1v) is 4.38. The molecule has 0 spiro atoms. The highest BCUT2D eigenvalue weighted by Crippen LogP contribution is 2.17. The molecule has 1 saturated heterocycles. The van der Waals surface area contributed by atoms with E-state index in [9.17, 15) is 4.79 Å². The van der Waals surface area contributed by atoms with Gasteiger partial charge in [-0.2, -0.15) is 5.26 Å². The van der Waals surface area contributed by atoms with Gasteiger partial charge in [0.2, 0.25) is 5.91 Å². The molecular weight excluding hydrogens is 176 g/mol. The first kappa shape index (κ1) is 9.34. The molecule has 2 atom stereocenters. The van der Waals surface area contributed by atoms with Gasteiger partial charge in [-0.25, -0.2) is 0 Å². The van der Waals surface area contributed by atoms with Gasteiger partial charge in [-0.05, 0) is 5.92 Å². The molecule has 0 aromatic heterocycles. The molecule has 0 saturated carbocycles. The predicted octanol–water partition coefficient (Wildman–Crippen LogP) is 0.986. The zero-order chi connectivity index (χ0) is 9.14. The van der Waals surface area contributed by atoms with Gasteiger partial charge in [0, 0.05) is 13.0 Å². The minimum absolute atomic E-state index is 0.114. The molecular formula is C8H11ClN2O. The number of rotatable bonds is 2. The highest BCUT2D eigenvalue weighted by atomic mass is 35.5. The Labute approximate surface area is 76.9 Å². The number of amides is 1. The van der Waals surface area contributed by atoms with E-state index in [1.54, 1.807) is 4.90 Å². The number of carbonyl (C=O) groups is 1. The van der Waals surface area contributed by atoms with Gasteiger partial charge in [-0.15, -0.1) is 11.6 Å². The van der Waals surface area contributed by atoms with Crippen molar-refractivity contribution < 1.29 is 4.79 Å². The summed E-state index contributed by atoms with van der Waals surface area (Å²) in [7, 11) is 0. The molecule has 0 aromatic carbocycles. The topological polar surface area (TPSA) is 44.1 Å². The van der Waals surface area contributed by atoms with Gasteiger partial charge in [0.1, 0.15) is 5.38 Å². The van der Waals surface area contributed by atoms with Crippen molar-refractivity contribution >= 4 is 17.5 Å². The van der Waals surface area contributed by atoms with E-state index in [1.807, 2.05) is 13.0 Å². The molecule has 4 heteroatoms. The van der Waals surface area contributed by atoms with Crippen molar-refractivity contribution in [3.63, 3.8) is 0 Å². The largest absolute Gasteiger partial charge is 0.340 e. The van der Waals surface area contributed by atoms with E-state index in [4.69, 9.17) is 16.9 Å². The van der Waals surface area contributed by atoms with E-state index in [1.165, 1.54) is 0 Å². The smallest absolute Gasteiger partial charge is 0.222 e.